The van der Waals surface area contributed by atoms with Gasteiger partial charge in [-0.25, -0.2) is 4.79 Å². The molecule has 102 valence electrons. The number of aliphatic carboxylic acids is 1. The molecule has 1 heterocycles. The lowest BCUT2D eigenvalue weighted by molar-refractivity contribution is -0.168. The van der Waals surface area contributed by atoms with Gasteiger partial charge in [0.25, 0.3) is 0 Å². The summed E-state index contributed by atoms with van der Waals surface area (Å²) in [5, 5.41) is 18.8. The molecule has 0 aromatic heterocycles. The summed E-state index contributed by atoms with van der Waals surface area (Å²) < 4.78 is 0. The molecular formula is C13H21NO4. The van der Waals surface area contributed by atoms with Crippen LogP contribution in [0.3, 0.4) is 0 Å². The van der Waals surface area contributed by atoms with Crippen molar-refractivity contribution in [2.24, 2.45) is 5.41 Å². The van der Waals surface area contributed by atoms with Crippen LogP contribution >= 0.6 is 0 Å². The molecule has 0 aromatic rings. The molecule has 5 nitrogen and oxygen atoms in total. The van der Waals surface area contributed by atoms with Crippen LogP contribution in [0.25, 0.3) is 0 Å². The topological polar surface area (TPSA) is 77.8 Å². The summed E-state index contributed by atoms with van der Waals surface area (Å²) in [6, 6.07) is 0. The first-order valence-electron chi connectivity index (χ1n) is 6.69. The summed E-state index contributed by atoms with van der Waals surface area (Å²) in [5.74, 6) is -1.02. The monoisotopic (exact) mass is 255 g/mol. The van der Waals surface area contributed by atoms with Crippen molar-refractivity contribution in [3.05, 3.63) is 0 Å². The first-order chi connectivity index (χ1) is 8.43. The Morgan fingerprint density at radius 3 is 2.06 bits per heavy atom. The molecular weight excluding hydrogens is 234 g/mol. The number of likely N-dealkylation sites (tertiary alicyclic amines) is 1. The fraction of sp³-hybridized carbons (Fsp3) is 0.846. The van der Waals surface area contributed by atoms with Gasteiger partial charge >= 0.3 is 5.97 Å². The molecule has 1 saturated carbocycles. The maximum Gasteiger partial charge on any atom is 0.335 e. The van der Waals surface area contributed by atoms with Crippen LogP contribution in [-0.2, 0) is 9.59 Å². The normalized spacial score (nSPS) is 25.3. The third kappa shape index (κ3) is 2.00. The standard InChI is InChI=1S/C13H21NO4/c1-2-12(4-3-5-12)10(15)14-8-6-13(18,7-9-14)11(16)17/h18H,2-9H2,1H3,(H,16,17). The van der Waals surface area contributed by atoms with Gasteiger partial charge in [0.15, 0.2) is 5.60 Å². The maximum atomic E-state index is 12.4. The lowest BCUT2D eigenvalue weighted by Crippen LogP contribution is -2.55. The van der Waals surface area contributed by atoms with E-state index in [0.29, 0.717) is 13.1 Å². The van der Waals surface area contributed by atoms with Gasteiger partial charge in [-0.3, -0.25) is 4.79 Å². The Morgan fingerprint density at radius 1 is 1.17 bits per heavy atom. The van der Waals surface area contributed by atoms with E-state index < -0.39 is 11.6 Å². The zero-order chi connectivity index (χ0) is 13.4. The van der Waals surface area contributed by atoms with Gasteiger partial charge in [0.05, 0.1) is 0 Å². The van der Waals surface area contributed by atoms with Crippen LogP contribution in [0.15, 0.2) is 0 Å². The zero-order valence-electron chi connectivity index (χ0n) is 10.8. The molecule has 2 fully saturated rings. The predicted molar refractivity (Wildman–Crippen MR) is 65.0 cm³/mol. The van der Waals surface area contributed by atoms with Crippen LogP contribution in [0.4, 0.5) is 0 Å². The number of piperidine rings is 1. The van der Waals surface area contributed by atoms with Crippen molar-refractivity contribution in [3.8, 4) is 0 Å². The van der Waals surface area contributed by atoms with Gasteiger partial charge in [0.1, 0.15) is 0 Å². The second-order valence-electron chi connectivity index (χ2n) is 5.62. The van der Waals surface area contributed by atoms with Crippen LogP contribution in [0.5, 0.6) is 0 Å². The van der Waals surface area contributed by atoms with Crippen molar-refractivity contribution >= 4 is 11.9 Å². The third-order valence-corrected chi connectivity index (χ3v) is 4.72. The number of nitrogens with zero attached hydrogens (tertiary/aromatic N) is 1. The van der Waals surface area contributed by atoms with Crippen molar-refractivity contribution in [1.29, 1.82) is 0 Å². The van der Waals surface area contributed by atoms with Gasteiger partial charge in [-0.2, -0.15) is 0 Å². The largest absolute Gasteiger partial charge is 0.479 e. The van der Waals surface area contributed by atoms with Gasteiger partial charge < -0.3 is 15.1 Å². The van der Waals surface area contributed by atoms with Crippen molar-refractivity contribution in [3.63, 3.8) is 0 Å². The van der Waals surface area contributed by atoms with Gasteiger partial charge in [0, 0.05) is 31.3 Å². The van der Waals surface area contributed by atoms with E-state index in [1.807, 2.05) is 6.92 Å². The summed E-state index contributed by atoms with van der Waals surface area (Å²) in [6.45, 7) is 2.74. The third-order valence-electron chi connectivity index (χ3n) is 4.72. The van der Waals surface area contributed by atoms with Gasteiger partial charge in [0.2, 0.25) is 5.91 Å². The van der Waals surface area contributed by atoms with Gasteiger partial charge in [-0.15, -0.1) is 0 Å². The Bertz CT molecular complexity index is 348. The molecule has 1 amide bonds. The molecule has 1 saturated heterocycles. The SMILES string of the molecule is CCC1(C(=O)N2CCC(O)(C(=O)O)CC2)CCC1. The van der Waals surface area contributed by atoms with Crippen molar-refractivity contribution in [2.45, 2.75) is 51.0 Å². The van der Waals surface area contributed by atoms with E-state index in [2.05, 4.69) is 0 Å². The summed E-state index contributed by atoms with van der Waals surface area (Å²) in [7, 11) is 0. The second kappa shape index (κ2) is 4.53. The molecule has 0 atom stereocenters. The minimum atomic E-state index is -1.64. The average Bonchev–Trinajstić information content (AvgIpc) is 2.29. The Balaban J connectivity index is 1.98. The minimum absolute atomic E-state index is 0.133. The van der Waals surface area contributed by atoms with Gasteiger partial charge in [-0.05, 0) is 19.3 Å². The summed E-state index contributed by atoms with van der Waals surface area (Å²) >= 11 is 0. The number of rotatable bonds is 3. The molecule has 0 radical (unpaired) electrons. The fourth-order valence-electron chi connectivity index (χ4n) is 2.95. The molecule has 5 heteroatoms. The molecule has 0 aromatic carbocycles. The molecule has 0 spiro atoms. The summed E-state index contributed by atoms with van der Waals surface area (Å²) in [5.41, 5.74) is -1.84. The molecule has 1 aliphatic carbocycles. The Kier molecular flexibility index (Phi) is 3.36. The Labute approximate surface area is 107 Å². The Morgan fingerprint density at radius 2 is 1.72 bits per heavy atom. The molecule has 2 aliphatic rings. The lowest BCUT2D eigenvalue weighted by Gasteiger charge is -2.45. The summed E-state index contributed by atoms with van der Waals surface area (Å²) in [4.78, 5) is 25.1. The number of hydrogen-bond donors (Lipinski definition) is 2. The second-order valence-corrected chi connectivity index (χ2v) is 5.62. The van der Waals surface area contributed by atoms with Gasteiger partial charge in [-0.1, -0.05) is 13.3 Å². The fourth-order valence-corrected chi connectivity index (χ4v) is 2.95. The van der Waals surface area contributed by atoms with E-state index in [1.54, 1.807) is 4.90 Å². The molecule has 2 rings (SSSR count). The number of hydrogen-bond acceptors (Lipinski definition) is 3. The van der Waals surface area contributed by atoms with Crippen molar-refractivity contribution < 1.29 is 19.8 Å². The number of carboxylic acid groups (broad SMARTS) is 1. The van der Waals surface area contributed by atoms with Crippen molar-refractivity contribution in [2.75, 3.05) is 13.1 Å². The van der Waals surface area contributed by atoms with E-state index in [1.165, 1.54) is 0 Å². The zero-order valence-corrected chi connectivity index (χ0v) is 10.8. The van der Waals surface area contributed by atoms with Crippen LogP contribution in [0, 0.1) is 5.41 Å². The highest BCUT2D eigenvalue weighted by Crippen LogP contribution is 2.45. The first kappa shape index (κ1) is 13.3. The highest BCUT2D eigenvalue weighted by Gasteiger charge is 2.47. The number of carboxylic acids is 1. The van der Waals surface area contributed by atoms with E-state index in [4.69, 9.17) is 5.11 Å². The van der Waals surface area contributed by atoms with Crippen molar-refractivity contribution in [1.82, 2.24) is 4.90 Å². The first-order valence-corrected chi connectivity index (χ1v) is 6.69. The number of carbonyl (C=O) groups is 2. The smallest absolute Gasteiger partial charge is 0.335 e. The van der Waals surface area contributed by atoms with Crippen LogP contribution in [0.2, 0.25) is 0 Å². The van der Waals surface area contributed by atoms with E-state index in [9.17, 15) is 14.7 Å². The lowest BCUT2D eigenvalue weighted by atomic mass is 9.66. The van der Waals surface area contributed by atoms with E-state index in [-0.39, 0.29) is 24.2 Å². The number of aliphatic hydroxyl groups is 1. The summed E-state index contributed by atoms with van der Waals surface area (Å²) in [6.07, 6.45) is 4.11. The molecule has 18 heavy (non-hydrogen) atoms. The predicted octanol–water partition coefficient (Wildman–Crippen LogP) is 1.00. The molecule has 0 bridgehead atoms. The Hall–Kier alpha value is -1.10. The quantitative estimate of drug-likeness (QED) is 0.788. The van der Waals surface area contributed by atoms with E-state index in [0.717, 1.165) is 25.7 Å². The average molecular weight is 255 g/mol. The molecule has 0 unspecified atom stereocenters. The van der Waals surface area contributed by atoms with E-state index >= 15 is 0 Å². The minimum Gasteiger partial charge on any atom is -0.479 e. The molecule has 1 aliphatic heterocycles. The maximum absolute atomic E-state index is 12.4. The highest BCUT2D eigenvalue weighted by atomic mass is 16.4. The number of carbonyl (C=O) groups excluding carboxylic acids is 1. The van der Waals surface area contributed by atoms with Crippen LogP contribution < -0.4 is 0 Å². The number of amides is 1. The molecule has 2 N–H and O–H groups in total. The highest BCUT2D eigenvalue weighted by molar-refractivity contribution is 5.84. The van der Waals surface area contributed by atoms with Crippen LogP contribution in [0.1, 0.15) is 45.4 Å². The van der Waals surface area contributed by atoms with Crippen LogP contribution in [-0.4, -0.2) is 45.7 Å².